The molecule has 0 amide bonds. The average Bonchev–Trinajstić information content (AvgIpc) is 2.70. The number of aromatic nitrogens is 1. The monoisotopic (exact) mass is 411 g/mol. The first-order valence-corrected chi connectivity index (χ1v) is 12.8. The molecule has 0 aliphatic heterocycles. The number of rotatable bonds is 18. The van der Waals surface area contributed by atoms with E-state index in [0.717, 1.165) is 18.4 Å². The molecule has 27 heavy (non-hydrogen) atoms. The van der Waals surface area contributed by atoms with Crippen LogP contribution in [0.3, 0.4) is 0 Å². The maximum absolute atomic E-state index is 11.7. The van der Waals surface area contributed by atoms with Crippen LogP contribution in [0.1, 0.15) is 76.7 Å². The van der Waals surface area contributed by atoms with Gasteiger partial charge in [0.2, 0.25) is 0 Å². The number of thioether (sulfide) groups is 2. The third-order valence-corrected chi connectivity index (χ3v) is 6.65. The maximum atomic E-state index is 11.7. The number of pyridine rings is 1. The number of carbonyl (C=O) groups excluding carboxylic acids is 1. The minimum atomic E-state index is -0.0941. The number of hydrogen-bond donors (Lipinski definition) is 0. The van der Waals surface area contributed by atoms with Crippen LogP contribution in [0.25, 0.3) is 0 Å². The molecule has 1 rings (SSSR count). The van der Waals surface area contributed by atoms with Crippen LogP contribution in [-0.4, -0.2) is 34.0 Å². The highest BCUT2D eigenvalue weighted by atomic mass is 32.2. The molecule has 3 nitrogen and oxygen atoms in total. The van der Waals surface area contributed by atoms with Gasteiger partial charge in [-0.25, -0.2) is 0 Å². The molecule has 5 heteroatoms. The van der Waals surface area contributed by atoms with Crippen molar-refractivity contribution in [1.82, 2.24) is 4.98 Å². The highest BCUT2D eigenvalue weighted by molar-refractivity contribution is 7.99. The highest BCUT2D eigenvalue weighted by Crippen LogP contribution is 2.13. The van der Waals surface area contributed by atoms with Crippen molar-refractivity contribution in [3.05, 3.63) is 30.1 Å². The van der Waals surface area contributed by atoms with Crippen LogP contribution in [0.2, 0.25) is 0 Å². The molecule has 1 aromatic rings. The van der Waals surface area contributed by atoms with Gasteiger partial charge < -0.3 is 4.74 Å². The Labute approximate surface area is 174 Å². The van der Waals surface area contributed by atoms with E-state index in [1.807, 2.05) is 12.1 Å². The van der Waals surface area contributed by atoms with Crippen LogP contribution in [0.4, 0.5) is 0 Å². The fourth-order valence-electron chi connectivity index (χ4n) is 2.66. The lowest BCUT2D eigenvalue weighted by atomic mass is 10.1. The van der Waals surface area contributed by atoms with E-state index in [-0.39, 0.29) is 5.97 Å². The Morgan fingerprint density at radius 1 is 0.926 bits per heavy atom. The summed E-state index contributed by atoms with van der Waals surface area (Å²) in [5, 5.41) is 0. The van der Waals surface area contributed by atoms with Crippen molar-refractivity contribution in [3.63, 3.8) is 0 Å². The van der Waals surface area contributed by atoms with Gasteiger partial charge in [-0.2, -0.15) is 23.5 Å². The van der Waals surface area contributed by atoms with Crippen LogP contribution >= 0.6 is 23.5 Å². The zero-order valence-corrected chi connectivity index (χ0v) is 18.6. The van der Waals surface area contributed by atoms with Crippen LogP contribution in [0.5, 0.6) is 0 Å². The number of esters is 1. The summed E-state index contributed by atoms with van der Waals surface area (Å²) in [4.78, 5) is 15.7. The maximum Gasteiger partial charge on any atom is 0.306 e. The fourth-order valence-corrected chi connectivity index (χ4v) is 4.58. The van der Waals surface area contributed by atoms with E-state index in [9.17, 15) is 4.79 Å². The van der Waals surface area contributed by atoms with Gasteiger partial charge in [0.25, 0.3) is 0 Å². The summed E-state index contributed by atoms with van der Waals surface area (Å²) >= 11 is 4.22. The SMILES string of the molecule is CCCSCCCCSCCCCCCCCC(=O)OCc1cccnc1. The zero-order chi connectivity index (χ0) is 19.4. The second kappa shape index (κ2) is 18.7. The number of ether oxygens (including phenoxy) is 1. The molecule has 154 valence electrons. The molecule has 1 aromatic heterocycles. The van der Waals surface area contributed by atoms with E-state index in [1.165, 1.54) is 68.0 Å². The molecule has 0 fully saturated rings. The van der Waals surface area contributed by atoms with E-state index in [0.29, 0.717) is 13.0 Å². The van der Waals surface area contributed by atoms with Gasteiger partial charge in [0.1, 0.15) is 6.61 Å². The van der Waals surface area contributed by atoms with E-state index >= 15 is 0 Å². The van der Waals surface area contributed by atoms with Crippen molar-refractivity contribution < 1.29 is 9.53 Å². The molecule has 0 aliphatic rings. The Bertz CT molecular complexity index is 457. The van der Waals surface area contributed by atoms with Crippen LogP contribution in [-0.2, 0) is 16.1 Å². The Morgan fingerprint density at radius 3 is 2.22 bits per heavy atom. The summed E-state index contributed by atoms with van der Waals surface area (Å²) in [5.74, 6) is 5.20. The molecule has 0 aromatic carbocycles. The topological polar surface area (TPSA) is 39.2 Å². The third-order valence-electron chi connectivity index (χ3n) is 4.22. The first-order chi connectivity index (χ1) is 13.3. The second-order valence-corrected chi connectivity index (χ2v) is 9.27. The zero-order valence-electron chi connectivity index (χ0n) is 17.0. The van der Waals surface area contributed by atoms with Crippen molar-refractivity contribution >= 4 is 29.5 Å². The molecule has 0 radical (unpaired) electrons. The summed E-state index contributed by atoms with van der Waals surface area (Å²) in [7, 11) is 0. The van der Waals surface area contributed by atoms with Gasteiger partial charge in [0, 0.05) is 24.4 Å². The predicted octanol–water partition coefficient (Wildman–Crippen LogP) is 6.51. The Morgan fingerprint density at radius 2 is 1.56 bits per heavy atom. The molecular weight excluding hydrogens is 374 g/mol. The average molecular weight is 412 g/mol. The van der Waals surface area contributed by atoms with Crippen LogP contribution in [0.15, 0.2) is 24.5 Å². The second-order valence-electron chi connectivity index (χ2n) is 6.83. The van der Waals surface area contributed by atoms with E-state index in [1.54, 1.807) is 12.4 Å². The normalized spacial score (nSPS) is 10.9. The van der Waals surface area contributed by atoms with Crippen molar-refractivity contribution in [1.29, 1.82) is 0 Å². The third kappa shape index (κ3) is 16.0. The van der Waals surface area contributed by atoms with Crippen molar-refractivity contribution in [2.75, 3.05) is 23.0 Å². The van der Waals surface area contributed by atoms with Gasteiger partial charge in [0.15, 0.2) is 0 Å². The number of carbonyl (C=O) groups is 1. The molecule has 0 saturated carbocycles. The van der Waals surface area contributed by atoms with Gasteiger partial charge >= 0.3 is 5.97 Å². The molecular formula is C22H37NO2S2. The first kappa shape index (κ1) is 24.4. The summed E-state index contributed by atoms with van der Waals surface area (Å²) < 4.78 is 5.26. The number of unbranched alkanes of at least 4 members (excludes halogenated alkanes) is 6. The molecule has 0 spiro atoms. The van der Waals surface area contributed by atoms with E-state index in [2.05, 4.69) is 35.4 Å². The number of hydrogen-bond acceptors (Lipinski definition) is 5. The molecule has 0 N–H and O–H groups in total. The fraction of sp³-hybridized carbons (Fsp3) is 0.727. The number of nitrogens with zero attached hydrogens (tertiary/aromatic N) is 1. The Kier molecular flexibility index (Phi) is 16.8. The smallest absolute Gasteiger partial charge is 0.306 e. The lowest BCUT2D eigenvalue weighted by Crippen LogP contribution is -2.04. The highest BCUT2D eigenvalue weighted by Gasteiger charge is 2.03. The predicted molar refractivity (Wildman–Crippen MR) is 121 cm³/mol. The van der Waals surface area contributed by atoms with Gasteiger partial charge in [-0.15, -0.1) is 0 Å². The van der Waals surface area contributed by atoms with Crippen molar-refractivity contribution in [2.24, 2.45) is 0 Å². The Hall–Kier alpha value is -0.680. The lowest BCUT2D eigenvalue weighted by Gasteiger charge is -2.05. The van der Waals surface area contributed by atoms with Gasteiger partial charge in [-0.3, -0.25) is 9.78 Å². The molecule has 0 atom stereocenters. The van der Waals surface area contributed by atoms with E-state index in [4.69, 9.17) is 4.74 Å². The largest absolute Gasteiger partial charge is 0.461 e. The summed E-state index contributed by atoms with van der Waals surface area (Å²) in [5.41, 5.74) is 0.944. The van der Waals surface area contributed by atoms with E-state index < -0.39 is 0 Å². The van der Waals surface area contributed by atoms with Gasteiger partial charge in [-0.05, 0) is 61.2 Å². The van der Waals surface area contributed by atoms with Gasteiger partial charge in [-0.1, -0.05) is 38.7 Å². The minimum Gasteiger partial charge on any atom is -0.461 e. The first-order valence-electron chi connectivity index (χ1n) is 10.5. The van der Waals surface area contributed by atoms with Crippen molar-refractivity contribution in [3.8, 4) is 0 Å². The lowest BCUT2D eigenvalue weighted by molar-refractivity contribution is -0.145. The van der Waals surface area contributed by atoms with Crippen LogP contribution in [0, 0.1) is 0 Å². The van der Waals surface area contributed by atoms with Crippen LogP contribution < -0.4 is 0 Å². The minimum absolute atomic E-state index is 0.0941. The van der Waals surface area contributed by atoms with Gasteiger partial charge in [0.05, 0.1) is 0 Å². The summed E-state index contributed by atoms with van der Waals surface area (Å²) in [6.07, 6.45) is 15.3. The molecule has 0 unspecified atom stereocenters. The molecule has 1 heterocycles. The molecule has 0 saturated heterocycles. The Balaban J connectivity index is 1.77. The summed E-state index contributed by atoms with van der Waals surface area (Å²) in [6.45, 7) is 2.59. The van der Waals surface area contributed by atoms with Crippen molar-refractivity contribution in [2.45, 2.75) is 77.7 Å². The summed E-state index contributed by atoms with van der Waals surface area (Å²) in [6, 6.07) is 3.78. The molecule has 0 aliphatic carbocycles. The quantitative estimate of drug-likeness (QED) is 0.203. The molecule has 0 bridgehead atoms. The standard InChI is InChI=1S/C22H37NO2S2/c1-2-15-26-17-9-10-18-27-16-8-6-4-3-5-7-13-22(24)25-20-21-12-11-14-23-19-21/h11-12,14,19H,2-10,13,15-18,20H2,1H3.